The molecule has 4 rings (SSSR count). The van der Waals surface area contributed by atoms with Crippen LogP contribution in [0.25, 0.3) is 0 Å². The molecule has 2 fully saturated rings. The number of anilines is 1. The molecule has 2 heterocycles. The van der Waals surface area contributed by atoms with Crippen molar-refractivity contribution >= 4 is 20.1 Å². The summed E-state index contributed by atoms with van der Waals surface area (Å²) in [5.74, 6) is 0.244. The number of likely N-dealkylation sites (tertiary alicyclic amines) is 1. The van der Waals surface area contributed by atoms with E-state index in [0.29, 0.717) is 56.6 Å². The van der Waals surface area contributed by atoms with Gasteiger partial charge in [-0.05, 0) is 54.9 Å². The van der Waals surface area contributed by atoms with Gasteiger partial charge < -0.3 is 23.7 Å². The number of hydrogen-bond acceptors (Lipinski definition) is 5. The summed E-state index contributed by atoms with van der Waals surface area (Å²) in [6.07, 6.45) is 2.53. The van der Waals surface area contributed by atoms with Gasteiger partial charge in [-0.15, -0.1) is 0 Å². The van der Waals surface area contributed by atoms with Gasteiger partial charge in [-0.3, -0.25) is 0 Å². The number of halogens is 1. The minimum Gasteiger partial charge on any atom is -0.445 e. The third-order valence-electron chi connectivity index (χ3n) is 8.58. The zero-order valence-corrected chi connectivity index (χ0v) is 25.2. The highest BCUT2D eigenvalue weighted by atomic mass is 28.4. The molecule has 0 radical (unpaired) electrons. The Morgan fingerprint density at radius 2 is 1.69 bits per heavy atom. The molecule has 0 N–H and O–H groups in total. The van der Waals surface area contributed by atoms with Crippen LogP contribution in [0.1, 0.15) is 51.2 Å². The number of piperidine rings is 1. The molecule has 1 atom stereocenters. The minimum absolute atomic E-state index is 0.0862. The number of benzene rings is 2. The molecule has 0 spiro atoms. The standard InChI is InChI=1S/C31H45FN2O4Si/c1-31(2,3)39(4,5)38-23-26-12-9-13-28(29(26)32)34-19-16-27(20-34)36-21-25-14-17-33(18-15-25)30(35)37-22-24-10-7-6-8-11-24/h6-13,25,27H,14-23H2,1-5H3/t27-/m0/s1. The van der Waals surface area contributed by atoms with E-state index in [4.69, 9.17) is 13.9 Å². The normalized spacial score (nSPS) is 19.0. The lowest BCUT2D eigenvalue weighted by molar-refractivity contribution is 0.0204. The topological polar surface area (TPSA) is 51.2 Å². The van der Waals surface area contributed by atoms with Gasteiger partial charge in [0, 0.05) is 38.3 Å². The molecule has 2 aliphatic rings. The van der Waals surface area contributed by atoms with Crippen LogP contribution in [0.2, 0.25) is 18.1 Å². The molecule has 6 nitrogen and oxygen atoms in total. The van der Waals surface area contributed by atoms with Gasteiger partial charge in [0.2, 0.25) is 0 Å². The Balaban J connectivity index is 1.20. The van der Waals surface area contributed by atoms with Crippen molar-refractivity contribution in [3.8, 4) is 0 Å². The summed E-state index contributed by atoms with van der Waals surface area (Å²) in [7, 11) is -1.96. The second-order valence-electron chi connectivity index (χ2n) is 12.5. The van der Waals surface area contributed by atoms with E-state index in [0.717, 1.165) is 31.4 Å². The SMILES string of the molecule is CC(C)(C)[Si](C)(C)OCc1cccc(N2CC[C@H](OCC3CCN(C(=O)OCc4ccccc4)CC3)C2)c1F. The van der Waals surface area contributed by atoms with Crippen molar-refractivity contribution in [1.82, 2.24) is 4.90 Å². The van der Waals surface area contributed by atoms with E-state index in [9.17, 15) is 4.79 Å². The van der Waals surface area contributed by atoms with Gasteiger partial charge in [-0.25, -0.2) is 9.18 Å². The largest absolute Gasteiger partial charge is 0.445 e. The lowest BCUT2D eigenvalue weighted by Gasteiger charge is -2.36. The molecule has 2 saturated heterocycles. The monoisotopic (exact) mass is 556 g/mol. The maximum atomic E-state index is 15.5. The Hall–Kier alpha value is -2.42. The van der Waals surface area contributed by atoms with Crippen molar-refractivity contribution in [3.63, 3.8) is 0 Å². The lowest BCUT2D eigenvalue weighted by Crippen LogP contribution is -2.40. The van der Waals surface area contributed by atoms with Gasteiger partial charge in [0.05, 0.1) is 18.4 Å². The number of rotatable bonds is 9. The number of nitrogens with zero attached hydrogens (tertiary/aromatic N) is 2. The van der Waals surface area contributed by atoms with Crippen LogP contribution in [0.4, 0.5) is 14.9 Å². The van der Waals surface area contributed by atoms with Crippen molar-refractivity contribution in [2.24, 2.45) is 5.92 Å². The van der Waals surface area contributed by atoms with E-state index in [2.05, 4.69) is 38.8 Å². The van der Waals surface area contributed by atoms with Crippen LogP contribution >= 0.6 is 0 Å². The van der Waals surface area contributed by atoms with Gasteiger partial charge in [0.15, 0.2) is 14.1 Å². The van der Waals surface area contributed by atoms with Crippen LogP contribution in [0.5, 0.6) is 0 Å². The first kappa shape index (κ1) is 29.6. The fourth-order valence-corrected chi connectivity index (χ4v) is 5.79. The van der Waals surface area contributed by atoms with Crippen LogP contribution < -0.4 is 4.90 Å². The van der Waals surface area contributed by atoms with Gasteiger partial charge in [-0.1, -0.05) is 63.2 Å². The Morgan fingerprint density at radius 3 is 2.38 bits per heavy atom. The number of amides is 1. The molecule has 0 bridgehead atoms. The van der Waals surface area contributed by atoms with E-state index in [1.165, 1.54) is 0 Å². The van der Waals surface area contributed by atoms with Crippen molar-refractivity contribution in [1.29, 1.82) is 0 Å². The maximum Gasteiger partial charge on any atom is 0.410 e. The summed E-state index contributed by atoms with van der Waals surface area (Å²) in [5.41, 5.74) is 2.25. The molecule has 1 amide bonds. The fraction of sp³-hybridized carbons (Fsp3) is 0.581. The first-order chi connectivity index (χ1) is 18.5. The average Bonchev–Trinajstić information content (AvgIpc) is 3.39. The predicted octanol–water partition coefficient (Wildman–Crippen LogP) is 6.99. The molecule has 0 aliphatic carbocycles. The molecule has 0 aromatic heterocycles. The van der Waals surface area contributed by atoms with Crippen LogP contribution in [-0.4, -0.2) is 58.2 Å². The number of hydrogen-bond donors (Lipinski definition) is 0. The van der Waals surface area contributed by atoms with Crippen molar-refractivity contribution in [2.75, 3.05) is 37.7 Å². The summed E-state index contributed by atoms with van der Waals surface area (Å²) in [6.45, 7) is 15.1. The molecular weight excluding hydrogens is 511 g/mol. The third kappa shape index (κ3) is 7.83. The predicted molar refractivity (Wildman–Crippen MR) is 156 cm³/mol. The number of carbonyl (C=O) groups excluding carboxylic acids is 1. The van der Waals surface area contributed by atoms with Crippen LogP contribution in [0.3, 0.4) is 0 Å². The molecule has 0 unspecified atom stereocenters. The third-order valence-corrected chi connectivity index (χ3v) is 13.1. The van der Waals surface area contributed by atoms with E-state index in [1.54, 1.807) is 4.90 Å². The molecule has 214 valence electrons. The Bertz CT molecular complexity index is 1080. The second-order valence-corrected chi connectivity index (χ2v) is 17.3. The first-order valence-corrected chi connectivity index (χ1v) is 17.2. The Kier molecular flexibility index (Phi) is 9.72. The van der Waals surface area contributed by atoms with Gasteiger partial charge >= 0.3 is 6.09 Å². The summed E-state index contributed by atoms with van der Waals surface area (Å²) in [4.78, 5) is 16.3. The highest BCUT2D eigenvalue weighted by Crippen LogP contribution is 2.37. The van der Waals surface area contributed by atoms with Crippen LogP contribution in [-0.2, 0) is 27.1 Å². The maximum absolute atomic E-state index is 15.5. The van der Waals surface area contributed by atoms with Crippen molar-refractivity contribution in [3.05, 3.63) is 65.5 Å². The Morgan fingerprint density at radius 1 is 0.974 bits per heavy atom. The highest BCUT2D eigenvalue weighted by Gasteiger charge is 2.37. The summed E-state index contributed by atoms with van der Waals surface area (Å²) in [5, 5.41) is 0.0862. The van der Waals surface area contributed by atoms with Crippen molar-refractivity contribution in [2.45, 2.75) is 77.5 Å². The van der Waals surface area contributed by atoms with E-state index in [-0.39, 0.29) is 23.1 Å². The number of carbonyl (C=O) groups is 1. The van der Waals surface area contributed by atoms with Gasteiger partial charge in [0.25, 0.3) is 0 Å². The van der Waals surface area contributed by atoms with E-state index < -0.39 is 8.32 Å². The van der Waals surface area contributed by atoms with E-state index >= 15 is 4.39 Å². The zero-order chi connectivity index (χ0) is 28.0. The van der Waals surface area contributed by atoms with Gasteiger partial charge in [-0.2, -0.15) is 0 Å². The molecule has 2 aromatic rings. The first-order valence-electron chi connectivity index (χ1n) is 14.3. The minimum atomic E-state index is -1.96. The van der Waals surface area contributed by atoms with Crippen LogP contribution in [0, 0.1) is 11.7 Å². The summed E-state index contributed by atoms with van der Waals surface area (Å²) >= 11 is 0. The molecular formula is C31H45FN2O4Si. The van der Waals surface area contributed by atoms with Crippen LogP contribution in [0.15, 0.2) is 48.5 Å². The quantitative estimate of drug-likeness (QED) is 0.312. The second kappa shape index (κ2) is 12.8. The average molecular weight is 557 g/mol. The summed E-state index contributed by atoms with van der Waals surface area (Å²) < 4.78 is 33.5. The zero-order valence-electron chi connectivity index (χ0n) is 24.2. The number of ether oxygens (including phenoxy) is 2. The lowest BCUT2D eigenvalue weighted by atomic mass is 9.98. The molecule has 39 heavy (non-hydrogen) atoms. The van der Waals surface area contributed by atoms with Gasteiger partial charge in [0.1, 0.15) is 6.61 Å². The van der Waals surface area contributed by atoms with E-state index in [1.807, 2.05) is 48.5 Å². The summed E-state index contributed by atoms with van der Waals surface area (Å²) in [6, 6.07) is 15.4. The molecule has 2 aliphatic heterocycles. The molecule has 2 aromatic carbocycles. The molecule has 8 heteroatoms. The Labute approximate surface area is 234 Å². The highest BCUT2D eigenvalue weighted by molar-refractivity contribution is 6.74. The molecule has 0 saturated carbocycles. The van der Waals surface area contributed by atoms with Crippen molar-refractivity contribution < 1.29 is 23.1 Å². The fourth-order valence-electron chi connectivity index (χ4n) is 4.84. The smallest absolute Gasteiger partial charge is 0.410 e.